The van der Waals surface area contributed by atoms with Crippen molar-refractivity contribution in [3.8, 4) is 0 Å². The summed E-state index contributed by atoms with van der Waals surface area (Å²) in [6.45, 7) is 0.226. The minimum atomic E-state index is -3.37. The zero-order chi connectivity index (χ0) is 10.8. The molecular formula is C9H12FNO2S. The van der Waals surface area contributed by atoms with Crippen LogP contribution in [0.4, 0.5) is 4.39 Å². The lowest BCUT2D eigenvalue weighted by Gasteiger charge is -2.07. The van der Waals surface area contributed by atoms with Crippen molar-refractivity contribution >= 4 is 9.84 Å². The fourth-order valence-electron chi connectivity index (χ4n) is 1.27. The third kappa shape index (κ3) is 2.30. The average Bonchev–Trinajstić information content (AvgIpc) is 2.07. The first kappa shape index (κ1) is 11.1. The normalized spacial score (nSPS) is 11.6. The Bertz CT molecular complexity index is 428. The van der Waals surface area contributed by atoms with Gasteiger partial charge < -0.3 is 5.73 Å². The Labute approximate surface area is 82.7 Å². The summed E-state index contributed by atoms with van der Waals surface area (Å²) < 4.78 is 35.8. The van der Waals surface area contributed by atoms with Crippen LogP contribution in [0.2, 0.25) is 0 Å². The molecule has 1 aromatic carbocycles. The van der Waals surface area contributed by atoms with Crippen molar-refractivity contribution < 1.29 is 12.8 Å². The molecule has 0 bridgehead atoms. The lowest BCUT2D eigenvalue weighted by atomic mass is 10.1. The highest BCUT2D eigenvalue weighted by atomic mass is 32.2. The second-order valence-electron chi connectivity index (χ2n) is 3.03. The van der Waals surface area contributed by atoms with Crippen molar-refractivity contribution in [2.45, 2.75) is 11.3 Å². The summed E-state index contributed by atoms with van der Waals surface area (Å²) in [5.41, 5.74) is 5.46. The van der Waals surface area contributed by atoms with Gasteiger partial charge in [-0.1, -0.05) is 6.07 Å². The van der Waals surface area contributed by atoms with E-state index in [9.17, 15) is 12.8 Å². The Balaban J connectivity index is 3.36. The molecule has 0 atom stereocenters. The van der Waals surface area contributed by atoms with E-state index in [1.165, 1.54) is 18.2 Å². The predicted octanol–water partition coefficient (Wildman–Crippen LogP) is 0.730. The standard InChI is InChI=1S/C9H12FNO2S/c1-14(12,13)9-4-2-3-8(10)7(9)5-6-11/h2-4H,5-6,11H2,1H3. The van der Waals surface area contributed by atoms with E-state index in [1.807, 2.05) is 0 Å². The van der Waals surface area contributed by atoms with E-state index in [2.05, 4.69) is 0 Å². The van der Waals surface area contributed by atoms with Gasteiger partial charge in [0, 0.05) is 11.8 Å². The molecule has 0 spiro atoms. The second kappa shape index (κ2) is 4.06. The SMILES string of the molecule is CS(=O)(=O)c1cccc(F)c1CCN. The molecule has 0 amide bonds. The lowest BCUT2D eigenvalue weighted by molar-refractivity contribution is 0.585. The fourth-order valence-corrected chi connectivity index (χ4v) is 2.25. The van der Waals surface area contributed by atoms with Crippen LogP contribution in [0.25, 0.3) is 0 Å². The van der Waals surface area contributed by atoms with Crippen molar-refractivity contribution in [3.63, 3.8) is 0 Å². The summed E-state index contributed by atoms with van der Waals surface area (Å²) in [6, 6.07) is 4.01. The number of hydrogen-bond donors (Lipinski definition) is 1. The van der Waals surface area contributed by atoms with E-state index in [4.69, 9.17) is 5.73 Å². The van der Waals surface area contributed by atoms with Crippen LogP contribution in [0, 0.1) is 5.82 Å². The molecule has 14 heavy (non-hydrogen) atoms. The summed E-state index contributed by atoms with van der Waals surface area (Å²) in [5.74, 6) is -0.515. The van der Waals surface area contributed by atoms with Crippen LogP contribution in [0.1, 0.15) is 5.56 Å². The first-order chi connectivity index (χ1) is 6.46. The molecule has 0 fully saturated rings. The fraction of sp³-hybridized carbons (Fsp3) is 0.333. The maximum absolute atomic E-state index is 13.2. The van der Waals surface area contributed by atoms with Gasteiger partial charge in [-0.15, -0.1) is 0 Å². The van der Waals surface area contributed by atoms with Gasteiger partial charge in [-0.3, -0.25) is 0 Å². The van der Waals surface area contributed by atoms with E-state index in [0.717, 1.165) is 6.26 Å². The number of benzene rings is 1. The van der Waals surface area contributed by atoms with Crippen LogP contribution in [0.3, 0.4) is 0 Å². The van der Waals surface area contributed by atoms with Crippen molar-refractivity contribution in [1.82, 2.24) is 0 Å². The van der Waals surface area contributed by atoms with E-state index in [1.54, 1.807) is 0 Å². The number of hydrogen-bond acceptors (Lipinski definition) is 3. The molecular weight excluding hydrogens is 205 g/mol. The second-order valence-corrected chi connectivity index (χ2v) is 5.01. The molecule has 0 aromatic heterocycles. The molecule has 0 unspecified atom stereocenters. The number of rotatable bonds is 3. The highest BCUT2D eigenvalue weighted by Crippen LogP contribution is 2.18. The van der Waals surface area contributed by atoms with E-state index < -0.39 is 15.7 Å². The van der Waals surface area contributed by atoms with Crippen molar-refractivity contribution in [1.29, 1.82) is 0 Å². The van der Waals surface area contributed by atoms with Gasteiger partial charge >= 0.3 is 0 Å². The van der Waals surface area contributed by atoms with Gasteiger partial charge in [0.05, 0.1) is 4.90 Å². The topological polar surface area (TPSA) is 60.2 Å². The number of nitrogens with two attached hydrogens (primary N) is 1. The Morgan fingerprint density at radius 3 is 2.57 bits per heavy atom. The first-order valence-corrected chi connectivity index (χ1v) is 6.03. The number of sulfone groups is 1. The maximum Gasteiger partial charge on any atom is 0.175 e. The van der Waals surface area contributed by atoms with Crippen LogP contribution in [0.15, 0.2) is 23.1 Å². The highest BCUT2D eigenvalue weighted by Gasteiger charge is 2.15. The van der Waals surface area contributed by atoms with Gasteiger partial charge in [-0.05, 0) is 25.1 Å². The lowest BCUT2D eigenvalue weighted by Crippen LogP contribution is -2.10. The Morgan fingerprint density at radius 1 is 1.43 bits per heavy atom. The minimum absolute atomic E-state index is 0.0305. The van der Waals surface area contributed by atoms with Crippen LogP contribution in [-0.4, -0.2) is 21.2 Å². The van der Waals surface area contributed by atoms with Gasteiger partial charge in [0.25, 0.3) is 0 Å². The molecule has 0 aliphatic carbocycles. The third-order valence-corrected chi connectivity index (χ3v) is 3.05. The molecule has 1 aromatic rings. The molecule has 3 nitrogen and oxygen atoms in total. The minimum Gasteiger partial charge on any atom is -0.330 e. The zero-order valence-electron chi connectivity index (χ0n) is 7.83. The summed E-state index contributed by atoms with van der Waals surface area (Å²) >= 11 is 0. The largest absolute Gasteiger partial charge is 0.330 e. The molecule has 0 radical (unpaired) electrons. The highest BCUT2D eigenvalue weighted by molar-refractivity contribution is 7.90. The monoisotopic (exact) mass is 217 g/mol. The van der Waals surface area contributed by atoms with Gasteiger partial charge in [0.1, 0.15) is 5.82 Å². The number of halogens is 1. The summed E-state index contributed by atoms with van der Waals surface area (Å²) in [6.07, 6.45) is 1.29. The summed E-state index contributed by atoms with van der Waals surface area (Å²) in [7, 11) is -3.37. The molecule has 0 aliphatic rings. The molecule has 0 heterocycles. The van der Waals surface area contributed by atoms with E-state index in [0.29, 0.717) is 0 Å². The van der Waals surface area contributed by atoms with Crippen LogP contribution in [0.5, 0.6) is 0 Å². The van der Waals surface area contributed by atoms with Gasteiger partial charge in [0.2, 0.25) is 0 Å². The first-order valence-electron chi connectivity index (χ1n) is 4.14. The smallest absolute Gasteiger partial charge is 0.175 e. The maximum atomic E-state index is 13.2. The summed E-state index contributed by atoms with van der Waals surface area (Å²) in [5, 5.41) is 0. The molecule has 0 saturated carbocycles. The average molecular weight is 217 g/mol. The van der Waals surface area contributed by atoms with Crippen molar-refractivity contribution in [3.05, 3.63) is 29.6 Å². The van der Waals surface area contributed by atoms with Gasteiger partial charge in [-0.25, -0.2) is 12.8 Å². The van der Waals surface area contributed by atoms with Crippen molar-refractivity contribution in [2.24, 2.45) is 5.73 Å². The molecule has 5 heteroatoms. The Kier molecular flexibility index (Phi) is 3.23. The molecule has 78 valence electrons. The van der Waals surface area contributed by atoms with Gasteiger partial charge in [-0.2, -0.15) is 0 Å². The Hall–Kier alpha value is -0.940. The molecule has 1 rings (SSSR count). The van der Waals surface area contributed by atoms with Crippen LogP contribution >= 0.6 is 0 Å². The zero-order valence-corrected chi connectivity index (χ0v) is 8.64. The van der Waals surface area contributed by atoms with E-state index >= 15 is 0 Å². The predicted molar refractivity (Wildman–Crippen MR) is 52.3 cm³/mol. The Morgan fingerprint density at radius 2 is 2.07 bits per heavy atom. The molecule has 0 aliphatic heterocycles. The van der Waals surface area contributed by atoms with Crippen molar-refractivity contribution in [2.75, 3.05) is 12.8 Å². The van der Waals surface area contributed by atoms with E-state index in [-0.39, 0.29) is 23.4 Å². The van der Waals surface area contributed by atoms with Crippen LogP contribution in [-0.2, 0) is 16.3 Å². The van der Waals surface area contributed by atoms with Crippen LogP contribution < -0.4 is 5.73 Å². The quantitative estimate of drug-likeness (QED) is 0.812. The molecule has 2 N–H and O–H groups in total. The molecule has 0 saturated heterocycles. The van der Waals surface area contributed by atoms with Gasteiger partial charge in [0.15, 0.2) is 9.84 Å². The summed E-state index contributed by atoms with van der Waals surface area (Å²) in [4.78, 5) is 0.0305. The third-order valence-electron chi connectivity index (χ3n) is 1.87.